The maximum atomic E-state index is 11.9. The van der Waals surface area contributed by atoms with Crippen molar-refractivity contribution in [3.8, 4) is 0 Å². The fraction of sp³-hybridized carbons (Fsp3) is 0.222. The molecule has 92 valence electrons. The van der Waals surface area contributed by atoms with E-state index < -0.39 is 10.0 Å². The van der Waals surface area contributed by atoms with Crippen molar-refractivity contribution in [1.29, 1.82) is 0 Å². The van der Waals surface area contributed by atoms with Crippen LogP contribution in [0.15, 0.2) is 26.9 Å². The third-order valence-corrected chi connectivity index (χ3v) is 4.91. The third kappa shape index (κ3) is 2.65. The quantitative estimate of drug-likeness (QED) is 0.875. The summed E-state index contributed by atoms with van der Waals surface area (Å²) in [6, 6.07) is 4.71. The van der Waals surface area contributed by atoms with Gasteiger partial charge in [-0.1, -0.05) is 5.16 Å². The second kappa shape index (κ2) is 4.47. The Labute approximate surface area is 102 Å². The molecule has 0 amide bonds. The number of aromatic nitrogens is 1. The lowest BCUT2D eigenvalue weighted by Gasteiger charge is -2.00. The van der Waals surface area contributed by atoms with Crippen molar-refractivity contribution in [2.45, 2.75) is 17.7 Å². The average molecular weight is 273 g/mol. The first kappa shape index (κ1) is 12.1. The second-order valence-corrected chi connectivity index (χ2v) is 6.44. The topological polar surface area (TPSA) is 98.2 Å². The van der Waals surface area contributed by atoms with Gasteiger partial charge >= 0.3 is 0 Å². The van der Waals surface area contributed by atoms with Crippen molar-refractivity contribution < 1.29 is 12.9 Å². The van der Waals surface area contributed by atoms with E-state index >= 15 is 0 Å². The van der Waals surface area contributed by atoms with Crippen LogP contribution in [0.5, 0.6) is 0 Å². The lowest BCUT2D eigenvalue weighted by atomic mass is 10.5. The molecule has 0 unspecified atom stereocenters. The van der Waals surface area contributed by atoms with Gasteiger partial charge in [-0.3, -0.25) is 0 Å². The minimum absolute atomic E-state index is 0.102. The number of sulfonamides is 1. The second-order valence-electron chi connectivity index (χ2n) is 3.36. The highest BCUT2D eigenvalue weighted by atomic mass is 32.2. The average Bonchev–Trinajstić information content (AvgIpc) is 2.86. The van der Waals surface area contributed by atoms with Gasteiger partial charge in [-0.05, 0) is 19.1 Å². The molecule has 0 atom stereocenters. The molecule has 0 aliphatic carbocycles. The summed E-state index contributed by atoms with van der Waals surface area (Å²) in [5.74, 6) is 0.102. The largest absolute Gasteiger partial charge is 0.338 e. The van der Waals surface area contributed by atoms with E-state index in [4.69, 9.17) is 10.3 Å². The number of nitrogens with zero attached hydrogens (tertiary/aromatic N) is 1. The highest BCUT2D eigenvalue weighted by Crippen LogP contribution is 2.23. The molecule has 8 heteroatoms. The molecule has 0 aromatic carbocycles. The van der Waals surface area contributed by atoms with Crippen molar-refractivity contribution in [3.05, 3.63) is 28.8 Å². The Morgan fingerprint density at radius 2 is 2.29 bits per heavy atom. The van der Waals surface area contributed by atoms with Gasteiger partial charge in [-0.25, -0.2) is 13.1 Å². The molecule has 0 saturated carbocycles. The van der Waals surface area contributed by atoms with Gasteiger partial charge in [-0.15, -0.1) is 11.3 Å². The van der Waals surface area contributed by atoms with E-state index in [9.17, 15) is 8.42 Å². The Hall–Kier alpha value is -1.38. The van der Waals surface area contributed by atoms with E-state index in [0.717, 1.165) is 16.2 Å². The molecule has 2 heterocycles. The zero-order valence-corrected chi connectivity index (χ0v) is 10.6. The molecule has 2 rings (SSSR count). The van der Waals surface area contributed by atoms with Crippen molar-refractivity contribution in [2.24, 2.45) is 5.73 Å². The molecule has 0 aliphatic heterocycles. The van der Waals surface area contributed by atoms with Gasteiger partial charge in [0.2, 0.25) is 5.88 Å². The van der Waals surface area contributed by atoms with Gasteiger partial charge in [0, 0.05) is 17.5 Å². The van der Waals surface area contributed by atoms with E-state index in [2.05, 4.69) is 9.88 Å². The van der Waals surface area contributed by atoms with Crippen molar-refractivity contribution in [3.63, 3.8) is 0 Å². The van der Waals surface area contributed by atoms with Gasteiger partial charge in [0.05, 0.1) is 5.69 Å². The molecular weight excluding hydrogens is 262 g/mol. The highest BCUT2D eigenvalue weighted by Gasteiger charge is 2.18. The van der Waals surface area contributed by atoms with Gasteiger partial charge in [0.1, 0.15) is 4.21 Å². The Bertz CT molecular complexity index is 615. The summed E-state index contributed by atoms with van der Waals surface area (Å²) in [5.41, 5.74) is 6.04. The summed E-state index contributed by atoms with van der Waals surface area (Å²) in [6.07, 6.45) is 0. The van der Waals surface area contributed by atoms with E-state index in [1.165, 1.54) is 12.1 Å². The normalized spacial score (nSPS) is 11.6. The lowest BCUT2D eigenvalue weighted by molar-refractivity contribution is 0.430. The summed E-state index contributed by atoms with van der Waals surface area (Å²) in [4.78, 5) is 0.805. The van der Waals surface area contributed by atoms with Crippen LogP contribution in [0.2, 0.25) is 0 Å². The number of hydrogen-bond donors (Lipinski definition) is 2. The van der Waals surface area contributed by atoms with Crippen LogP contribution in [0.1, 0.15) is 10.6 Å². The van der Waals surface area contributed by atoms with Gasteiger partial charge < -0.3 is 10.3 Å². The predicted molar refractivity (Wildman–Crippen MR) is 64.3 cm³/mol. The first-order valence-electron chi connectivity index (χ1n) is 4.76. The van der Waals surface area contributed by atoms with Crippen LogP contribution in [0.4, 0.5) is 5.88 Å². The molecular formula is C9H11N3O3S2. The van der Waals surface area contributed by atoms with E-state index in [1.54, 1.807) is 13.0 Å². The van der Waals surface area contributed by atoms with Crippen LogP contribution < -0.4 is 10.5 Å². The molecule has 2 aromatic heterocycles. The number of rotatable bonds is 4. The minimum atomic E-state index is -3.61. The van der Waals surface area contributed by atoms with Gasteiger partial charge in [-0.2, -0.15) is 0 Å². The lowest BCUT2D eigenvalue weighted by Crippen LogP contribution is -2.10. The van der Waals surface area contributed by atoms with E-state index in [-0.39, 0.29) is 10.1 Å². The van der Waals surface area contributed by atoms with Crippen molar-refractivity contribution in [1.82, 2.24) is 5.16 Å². The summed E-state index contributed by atoms with van der Waals surface area (Å²) >= 11 is 1.13. The zero-order valence-electron chi connectivity index (χ0n) is 9.00. The molecule has 0 aliphatic rings. The smallest absolute Gasteiger partial charge is 0.273 e. The number of aryl methyl sites for hydroxylation is 1. The minimum Gasteiger partial charge on any atom is -0.338 e. The summed E-state index contributed by atoms with van der Waals surface area (Å²) < 4.78 is 31.1. The molecule has 0 saturated heterocycles. The molecule has 0 fully saturated rings. The molecule has 17 heavy (non-hydrogen) atoms. The van der Waals surface area contributed by atoms with E-state index in [1.807, 2.05) is 0 Å². The molecule has 2 aromatic rings. The first-order chi connectivity index (χ1) is 8.01. The molecule has 0 spiro atoms. The van der Waals surface area contributed by atoms with E-state index in [0.29, 0.717) is 12.2 Å². The maximum absolute atomic E-state index is 11.9. The van der Waals surface area contributed by atoms with Crippen molar-refractivity contribution in [2.75, 3.05) is 4.72 Å². The zero-order chi connectivity index (χ0) is 12.5. The summed E-state index contributed by atoms with van der Waals surface area (Å²) in [7, 11) is -3.61. The standard InChI is InChI=1S/C9H11N3O3S2/c1-6-4-8(15-11-6)12-17(13,14)9-3-2-7(5-10)16-9/h2-4,12H,5,10H2,1H3. The summed E-state index contributed by atoms with van der Waals surface area (Å²) in [5, 5.41) is 3.60. The van der Waals surface area contributed by atoms with Crippen LogP contribution in [0.25, 0.3) is 0 Å². The van der Waals surface area contributed by atoms with Crippen LogP contribution in [-0.4, -0.2) is 13.6 Å². The number of hydrogen-bond acceptors (Lipinski definition) is 6. The molecule has 0 bridgehead atoms. The Balaban J connectivity index is 2.24. The monoisotopic (exact) mass is 273 g/mol. The van der Waals surface area contributed by atoms with Gasteiger partial charge in [0.25, 0.3) is 10.0 Å². The maximum Gasteiger partial charge on any atom is 0.273 e. The summed E-state index contributed by atoms with van der Waals surface area (Å²) in [6.45, 7) is 2.03. The fourth-order valence-corrected chi connectivity index (χ4v) is 3.41. The van der Waals surface area contributed by atoms with Crippen LogP contribution >= 0.6 is 11.3 Å². The predicted octanol–water partition coefficient (Wildman–Crippen LogP) is 1.30. The fourth-order valence-electron chi connectivity index (χ4n) is 1.21. The Morgan fingerprint density at radius 3 is 2.82 bits per heavy atom. The van der Waals surface area contributed by atoms with Crippen LogP contribution in [-0.2, 0) is 16.6 Å². The third-order valence-electron chi connectivity index (χ3n) is 1.97. The number of nitrogens with two attached hydrogens (primary N) is 1. The van der Waals surface area contributed by atoms with Crippen molar-refractivity contribution >= 4 is 27.2 Å². The SMILES string of the molecule is Cc1cc(NS(=O)(=O)c2ccc(CN)s2)on1. The molecule has 3 N–H and O–H groups in total. The molecule has 0 radical (unpaired) electrons. The van der Waals surface area contributed by atoms with Gasteiger partial charge in [0.15, 0.2) is 0 Å². The Kier molecular flexibility index (Phi) is 3.18. The van der Waals surface area contributed by atoms with Crippen LogP contribution in [0.3, 0.4) is 0 Å². The molecule has 6 nitrogen and oxygen atoms in total. The Morgan fingerprint density at radius 1 is 1.53 bits per heavy atom. The number of anilines is 1. The first-order valence-corrected chi connectivity index (χ1v) is 7.06. The number of thiophene rings is 1. The van der Waals surface area contributed by atoms with Crippen LogP contribution in [0, 0.1) is 6.92 Å². The number of nitrogens with one attached hydrogen (secondary N) is 1. The highest BCUT2D eigenvalue weighted by molar-refractivity contribution is 7.94.